The molecule has 2 aliphatic heterocycles. The van der Waals surface area contributed by atoms with E-state index in [2.05, 4.69) is 10.3 Å². The summed E-state index contributed by atoms with van der Waals surface area (Å²) in [6, 6.07) is 1.49. The van der Waals surface area contributed by atoms with E-state index in [-0.39, 0.29) is 17.8 Å². The fraction of sp³-hybridized carbons (Fsp3) is 0.600. The second kappa shape index (κ2) is 6.35. The van der Waals surface area contributed by atoms with Crippen LogP contribution in [0.1, 0.15) is 24.8 Å². The molecule has 2 fully saturated rings. The number of aromatic nitrogens is 1. The van der Waals surface area contributed by atoms with Gasteiger partial charge in [0.05, 0.1) is 5.56 Å². The molecule has 3 heterocycles. The fourth-order valence-electron chi connectivity index (χ4n) is 3.06. The summed E-state index contributed by atoms with van der Waals surface area (Å²) in [6.45, 7) is 1.89. The minimum atomic E-state index is -4.42. The molecule has 2 aliphatic rings. The van der Waals surface area contributed by atoms with Crippen molar-refractivity contribution in [1.82, 2.24) is 9.88 Å². The van der Waals surface area contributed by atoms with E-state index in [1.54, 1.807) is 0 Å². The van der Waals surface area contributed by atoms with Crippen molar-refractivity contribution in [3.05, 3.63) is 23.9 Å². The third-order valence-electron chi connectivity index (χ3n) is 4.28. The normalized spacial score (nSPS) is 23.3. The molecule has 1 atom stereocenters. The Bertz CT molecular complexity index is 573. The number of carbonyl (C=O) groups excluding carboxylic acids is 1. The summed E-state index contributed by atoms with van der Waals surface area (Å²) in [5, 5.41) is 2.84. The van der Waals surface area contributed by atoms with Gasteiger partial charge in [0.15, 0.2) is 0 Å². The van der Waals surface area contributed by atoms with Crippen LogP contribution in [0.2, 0.25) is 0 Å². The van der Waals surface area contributed by atoms with Crippen LogP contribution < -0.4 is 5.32 Å². The van der Waals surface area contributed by atoms with Gasteiger partial charge < -0.3 is 15.0 Å². The molecule has 1 amide bonds. The summed E-state index contributed by atoms with van der Waals surface area (Å²) in [4.78, 5) is 18.2. The van der Waals surface area contributed by atoms with E-state index in [9.17, 15) is 18.0 Å². The Kier molecular flexibility index (Phi) is 4.43. The van der Waals surface area contributed by atoms with Gasteiger partial charge in [-0.1, -0.05) is 0 Å². The van der Waals surface area contributed by atoms with Gasteiger partial charge in [-0.3, -0.25) is 4.79 Å². The number of amides is 1. The van der Waals surface area contributed by atoms with Gasteiger partial charge in [-0.05, 0) is 31.4 Å². The van der Waals surface area contributed by atoms with Crippen LogP contribution in [0.5, 0.6) is 0 Å². The van der Waals surface area contributed by atoms with Crippen molar-refractivity contribution in [2.24, 2.45) is 0 Å². The second-order valence-corrected chi connectivity index (χ2v) is 5.79. The summed E-state index contributed by atoms with van der Waals surface area (Å²) in [5.41, 5.74) is -0.776. The topological polar surface area (TPSA) is 54.5 Å². The molecule has 126 valence electrons. The highest BCUT2D eigenvalue weighted by Gasteiger charge is 2.37. The highest BCUT2D eigenvalue weighted by atomic mass is 19.4. The van der Waals surface area contributed by atoms with Crippen molar-refractivity contribution in [2.45, 2.75) is 37.5 Å². The Morgan fingerprint density at radius 2 is 2.00 bits per heavy atom. The number of carbonyl (C=O) groups is 1. The zero-order valence-corrected chi connectivity index (χ0v) is 12.5. The third kappa shape index (κ3) is 3.57. The van der Waals surface area contributed by atoms with Crippen molar-refractivity contribution in [3.63, 3.8) is 0 Å². The molecule has 0 radical (unpaired) electrons. The van der Waals surface area contributed by atoms with Gasteiger partial charge in [0, 0.05) is 32.0 Å². The molecule has 1 aromatic rings. The van der Waals surface area contributed by atoms with Gasteiger partial charge in [0.25, 0.3) is 0 Å². The number of nitrogens with zero attached hydrogens (tertiary/aromatic N) is 2. The van der Waals surface area contributed by atoms with Crippen molar-refractivity contribution in [1.29, 1.82) is 0 Å². The number of alkyl halides is 3. The summed E-state index contributed by atoms with van der Waals surface area (Å²) < 4.78 is 43.5. The van der Waals surface area contributed by atoms with Gasteiger partial charge in [-0.25, -0.2) is 4.98 Å². The summed E-state index contributed by atoms with van der Waals surface area (Å²) in [6.07, 6.45) is -1.15. The Balaban J connectivity index is 1.66. The smallest absolute Gasteiger partial charge is 0.381 e. The van der Waals surface area contributed by atoms with Crippen LogP contribution in [0.4, 0.5) is 19.0 Å². The van der Waals surface area contributed by atoms with Crippen molar-refractivity contribution >= 4 is 11.7 Å². The monoisotopic (exact) mass is 329 g/mol. The number of nitrogens with one attached hydrogen (secondary N) is 1. The molecule has 0 spiro atoms. The predicted octanol–water partition coefficient (Wildman–Crippen LogP) is 2.29. The van der Waals surface area contributed by atoms with E-state index in [0.29, 0.717) is 26.2 Å². The molecule has 5 nitrogen and oxygen atoms in total. The molecule has 0 bridgehead atoms. The number of rotatable bonds is 3. The first-order valence-corrected chi connectivity index (χ1v) is 7.63. The number of likely N-dealkylation sites (tertiary alicyclic amines) is 1. The average Bonchev–Trinajstić information content (AvgIpc) is 2.89. The highest BCUT2D eigenvalue weighted by Crippen LogP contribution is 2.30. The molecule has 3 rings (SSSR count). The van der Waals surface area contributed by atoms with Gasteiger partial charge in [-0.2, -0.15) is 13.2 Å². The maximum Gasteiger partial charge on any atom is 0.416 e. The lowest BCUT2D eigenvalue weighted by Crippen LogP contribution is -2.43. The molecule has 2 saturated heterocycles. The van der Waals surface area contributed by atoms with Crippen LogP contribution in [0, 0.1) is 0 Å². The zero-order valence-electron chi connectivity index (χ0n) is 12.5. The van der Waals surface area contributed by atoms with Crippen molar-refractivity contribution in [3.8, 4) is 0 Å². The third-order valence-corrected chi connectivity index (χ3v) is 4.28. The van der Waals surface area contributed by atoms with Crippen LogP contribution in [-0.4, -0.2) is 47.6 Å². The van der Waals surface area contributed by atoms with Crippen LogP contribution in [0.25, 0.3) is 0 Å². The predicted molar refractivity (Wildman–Crippen MR) is 76.8 cm³/mol. The van der Waals surface area contributed by atoms with Gasteiger partial charge in [0.2, 0.25) is 5.91 Å². The minimum absolute atomic E-state index is 0.0730. The van der Waals surface area contributed by atoms with Crippen LogP contribution in [-0.2, 0) is 15.7 Å². The highest BCUT2D eigenvalue weighted by molar-refractivity contribution is 5.86. The number of halogens is 3. The molecular weight excluding hydrogens is 311 g/mol. The van der Waals surface area contributed by atoms with Gasteiger partial charge >= 0.3 is 6.18 Å². The summed E-state index contributed by atoms with van der Waals surface area (Å²) >= 11 is 0. The number of hydrogen-bond donors (Lipinski definition) is 1. The van der Waals surface area contributed by atoms with E-state index in [1.165, 1.54) is 0 Å². The average molecular weight is 329 g/mol. The van der Waals surface area contributed by atoms with Gasteiger partial charge in [0.1, 0.15) is 11.9 Å². The molecule has 1 N–H and O–H groups in total. The van der Waals surface area contributed by atoms with Crippen LogP contribution in [0.15, 0.2) is 18.3 Å². The molecule has 8 heteroatoms. The number of pyridine rings is 1. The Labute approximate surface area is 131 Å². The molecule has 1 aromatic heterocycles. The molecule has 1 unspecified atom stereocenters. The lowest BCUT2D eigenvalue weighted by atomic mass is 10.1. The lowest BCUT2D eigenvalue weighted by molar-refractivity contribution is -0.137. The second-order valence-electron chi connectivity index (χ2n) is 5.79. The first kappa shape index (κ1) is 16.0. The maximum absolute atomic E-state index is 12.7. The first-order valence-electron chi connectivity index (χ1n) is 7.63. The van der Waals surface area contributed by atoms with E-state index in [4.69, 9.17) is 4.74 Å². The van der Waals surface area contributed by atoms with E-state index in [1.807, 2.05) is 4.90 Å². The molecule has 0 saturated carbocycles. The number of ether oxygens (including phenoxy) is 1. The fourth-order valence-corrected chi connectivity index (χ4v) is 3.06. The van der Waals surface area contributed by atoms with E-state index >= 15 is 0 Å². The largest absolute Gasteiger partial charge is 0.416 e. The molecule has 23 heavy (non-hydrogen) atoms. The van der Waals surface area contributed by atoms with Gasteiger partial charge in [-0.15, -0.1) is 0 Å². The maximum atomic E-state index is 12.7. The number of anilines is 1. The number of hydrogen-bond acceptors (Lipinski definition) is 4. The Morgan fingerprint density at radius 1 is 1.26 bits per heavy atom. The van der Waals surface area contributed by atoms with Crippen LogP contribution in [0.3, 0.4) is 0 Å². The van der Waals surface area contributed by atoms with Crippen molar-refractivity contribution < 1.29 is 22.7 Å². The Morgan fingerprint density at radius 3 is 2.70 bits per heavy atom. The van der Waals surface area contributed by atoms with Crippen molar-refractivity contribution in [2.75, 3.05) is 25.1 Å². The lowest BCUT2D eigenvalue weighted by Gasteiger charge is -2.31. The molecular formula is C15H18F3N3O2. The SMILES string of the molecule is O=C1C(Nc2cc(C(F)(F)F)ccn2)CCN1C1CCOCC1. The van der Waals surface area contributed by atoms with Crippen LogP contribution >= 0.6 is 0 Å². The summed E-state index contributed by atoms with van der Waals surface area (Å²) in [5.74, 6) is 0.00288. The quantitative estimate of drug-likeness (QED) is 0.924. The standard InChI is InChI=1S/C15H18F3N3O2/c16-15(17,18)10-1-5-19-13(9-10)20-12-2-6-21(14(12)22)11-3-7-23-8-4-11/h1,5,9,11-12H,2-4,6-8H2,(H,19,20). The minimum Gasteiger partial charge on any atom is -0.381 e. The first-order chi connectivity index (χ1) is 10.9. The van der Waals surface area contributed by atoms with E-state index in [0.717, 1.165) is 31.2 Å². The molecule has 0 aliphatic carbocycles. The zero-order chi connectivity index (χ0) is 16.4. The summed E-state index contributed by atoms with van der Waals surface area (Å²) in [7, 11) is 0. The Hall–Kier alpha value is -1.83. The molecule has 0 aromatic carbocycles. The van der Waals surface area contributed by atoms with E-state index < -0.39 is 17.8 Å².